The summed E-state index contributed by atoms with van der Waals surface area (Å²) >= 11 is 0. The summed E-state index contributed by atoms with van der Waals surface area (Å²) in [7, 11) is -3.61. The van der Waals surface area contributed by atoms with Gasteiger partial charge in [0, 0.05) is 13.1 Å². The Labute approximate surface area is 141 Å². The molecule has 0 spiro atoms. The fourth-order valence-corrected chi connectivity index (χ4v) is 4.91. The maximum absolute atomic E-state index is 12.7. The highest BCUT2D eigenvalue weighted by molar-refractivity contribution is 7.89. The van der Waals surface area contributed by atoms with Crippen molar-refractivity contribution < 1.29 is 22.7 Å². The molecule has 8 heteroatoms. The molecule has 3 rings (SSSR count). The summed E-state index contributed by atoms with van der Waals surface area (Å²) < 4.78 is 32.1. The van der Waals surface area contributed by atoms with Crippen molar-refractivity contribution in [2.45, 2.75) is 19.4 Å². The van der Waals surface area contributed by atoms with Crippen LogP contribution in [0.1, 0.15) is 34.6 Å². The molecular formula is C16H20N2O5S. The van der Waals surface area contributed by atoms with Gasteiger partial charge in [0.05, 0.1) is 35.6 Å². The van der Waals surface area contributed by atoms with E-state index < -0.39 is 27.4 Å². The van der Waals surface area contributed by atoms with Crippen molar-refractivity contribution in [2.24, 2.45) is 0 Å². The predicted molar refractivity (Wildman–Crippen MR) is 87.2 cm³/mol. The van der Waals surface area contributed by atoms with Gasteiger partial charge < -0.3 is 4.74 Å². The molecule has 2 heterocycles. The van der Waals surface area contributed by atoms with Crippen LogP contribution in [0.15, 0.2) is 24.3 Å². The van der Waals surface area contributed by atoms with Gasteiger partial charge in [0.15, 0.2) is 0 Å². The summed E-state index contributed by atoms with van der Waals surface area (Å²) in [5.41, 5.74) is 0.0113. The van der Waals surface area contributed by atoms with E-state index in [-0.39, 0.29) is 18.8 Å². The molecule has 0 N–H and O–H groups in total. The molecule has 0 unspecified atom stereocenters. The van der Waals surface area contributed by atoms with E-state index in [1.807, 2.05) is 0 Å². The first-order chi connectivity index (χ1) is 11.2. The summed E-state index contributed by atoms with van der Waals surface area (Å²) in [5.74, 6) is -1.17. The number of carbonyl (C=O) groups excluding carboxylic acids is 2. The number of imide groups is 1. The summed E-state index contributed by atoms with van der Waals surface area (Å²) in [6, 6.07) is 6.52. The largest absolute Gasteiger partial charge is 0.378 e. The summed E-state index contributed by atoms with van der Waals surface area (Å²) in [4.78, 5) is 25.6. The number of hydrogen-bond acceptors (Lipinski definition) is 5. The first-order valence-corrected chi connectivity index (χ1v) is 9.38. The van der Waals surface area contributed by atoms with Gasteiger partial charge in [-0.15, -0.1) is 0 Å². The minimum atomic E-state index is -3.61. The van der Waals surface area contributed by atoms with Gasteiger partial charge in [0.25, 0.3) is 11.8 Å². The molecule has 1 saturated heterocycles. The smallest absolute Gasteiger partial charge is 0.261 e. The molecule has 0 aliphatic carbocycles. The van der Waals surface area contributed by atoms with Crippen LogP contribution in [0.2, 0.25) is 0 Å². The topological polar surface area (TPSA) is 84.0 Å². The van der Waals surface area contributed by atoms with Gasteiger partial charge in [-0.05, 0) is 26.0 Å². The van der Waals surface area contributed by atoms with Gasteiger partial charge in [-0.2, -0.15) is 4.31 Å². The normalized spacial score (nSPS) is 21.2. The lowest BCUT2D eigenvalue weighted by Gasteiger charge is -2.40. The standard InChI is InChI=1S/C16H20N2O5S/c1-16(2)11-23-9-7-18(16)24(21,22)10-8-17-14(19)12-5-3-4-6-13(12)15(17)20/h3-6H,7-11H2,1-2H3. The van der Waals surface area contributed by atoms with Crippen molar-refractivity contribution in [3.63, 3.8) is 0 Å². The van der Waals surface area contributed by atoms with E-state index in [2.05, 4.69) is 0 Å². The van der Waals surface area contributed by atoms with E-state index in [0.717, 1.165) is 4.90 Å². The number of carbonyl (C=O) groups is 2. The second-order valence-corrected chi connectivity index (χ2v) is 8.57. The third-order valence-electron chi connectivity index (χ3n) is 4.36. The second kappa shape index (κ2) is 5.94. The first kappa shape index (κ1) is 17.1. The zero-order valence-corrected chi connectivity index (χ0v) is 14.5. The zero-order valence-electron chi connectivity index (χ0n) is 13.7. The number of morpholine rings is 1. The predicted octanol–water partition coefficient (Wildman–Crippen LogP) is 0.723. The molecule has 0 radical (unpaired) electrons. The number of rotatable bonds is 4. The molecule has 2 amide bonds. The van der Waals surface area contributed by atoms with Crippen LogP contribution in [0.25, 0.3) is 0 Å². The number of amides is 2. The highest BCUT2D eigenvalue weighted by atomic mass is 32.2. The Balaban J connectivity index is 1.74. The van der Waals surface area contributed by atoms with Gasteiger partial charge in [0.1, 0.15) is 0 Å². The highest BCUT2D eigenvalue weighted by Gasteiger charge is 2.41. The molecule has 24 heavy (non-hydrogen) atoms. The molecule has 2 aliphatic rings. The molecule has 0 bridgehead atoms. The van der Waals surface area contributed by atoms with Crippen LogP contribution in [0.5, 0.6) is 0 Å². The fraction of sp³-hybridized carbons (Fsp3) is 0.500. The number of benzene rings is 1. The van der Waals surface area contributed by atoms with Crippen LogP contribution < -0.4 is 0 Å². The lowest BCUT2D eigenvalue weighted by Crippen LogP contribution is -2.56. The van der Waals surface area contributed by atoms with Crippen LogP contribution in [0.3, 0.4) is 0 Å². The Hall–Kier alpha value is -1.77. The zero-order chi connectivity index (χ0) is 17.5. The fourth-order valence-electron chi connectivity index (χ4n) is 3.12. The van der Waals surface area contributed by atoms with Crippen LogP contribution in [-0.4, -0.2) is 67.0 Å². The van der Waals surface area contributed by atoms with Crippen LogP contribution in [-0.2, 0) is 14.8 Å². The van der Waals surface area contributed by atoms with Gasteiger partial charge >= 0.3 is 0 Å². The number of hydrogen-bond donors (Lipinski definition) is 0. The molecule has 1 aromatic rings. The Morgan fingerprint density at radius 1 is 1.12 bits per heavy atom. The SMILES string of the molecule is CC1(C)COCCN1S(=O)(=O)CCN1C(=O)c2ccccc2C1=O. The summed E-state index contributed by atoms with van der Waals surface area (Å²) in [6.45, 7) is 4.38. The molecule has 0 aromatic heterocycles. The van der Waals surface area contributed by atoms with Crippen LogP contribution >= 0.6 is 0 Å². The molecule has 7 nitrogen and oxygen atoms in total. The Morgan fingerprint density at radius 2 is 1.71 bits per heavy atom. The molecule has 1 aromatic carbocycles. The van der Waals surface area contributed by atoms with E-state index in [9.17, 15) is 18.0 Å². The molecule has 2 aliphatic heterocycles. The van der Waals surface area contributed by atoms with Crippen molar-refractivity contribution in [2.75, 3.05) is 32.1 Å². The molecule has 0 atom stereocenters. The maximum Gasteiger partial charge on any atom is 0.261 e. The maximum atomic E-state index is 12.7. The van der Waals surface area contributed by atoms with Gasteiger partial charge in [-0.3, -0.25) is 14.5 Å². The highest BCUT2D eigenvalue weighted by Crippen LogP contribution is 2.25. The van der Waals surface area contributed by atoms with Crippen molar-refractivity contribution in [1.82, 2.24) is 9.21 Å². The lowest BCUT2D eigenvalue weighted by molar-refractivity contribution is -0.00772. The van der Waals surface area contributed by atoms with Crippen molar-refractivity contribution >= 4 is 21.8 Å². The van der Waals surface area contributed by atoms with Crippen molar-refractivity contribution in [1.29, 1.82) is 0 Å². The van der Waals surface area contributed by atoms with E-state index in [1.54, 1.807) is 38.1 Å². The Morgan fingerprint density at radius 3 is 2.25 bits per heavy atom. The number of fused-ring (bicyclic) bond motifs is 1. The van der Waals surface area contributed by atoms with E-state index in [4.69, 9.17) is 4.74 Å². The minimum absolute atomic E-state index is 0.151. The van der Waals surface area contributed by atoms with E-state index in [0.29, 0.717) is 24.3 Å². The average Bonchev–Trinajstić information content (AvgIpc) is 2.77. The van der Waals surface area contributed by atoms with E-state index in [1.165, 1.54) is 4.31 Å². The minimum Gasteiger partial charge on any atom is -0.378 e. The quantitative estimate of drug-likeness (QED) is 0.746. The number of nitrogens with zero attached hydrogens (tertiary/aromatic N) is 2. The molecule has 1 fully saturated rings. The lowest BCUT2D eigenvalue weighted by atomic mass is 10.1. The van der Waals surface area contributed by atoms with Gasteiger partial charge in [0.2, 0.25) is 10.0 Å². The van der Waals surface area contributed by atoms with Gasteiger partial charge in [-0.25, -0.2) is 8.42 Å². The van der Waals surface area contributed by atoms with Crippen molar-refractivity contribution in [3.8, 4) is 0 Å². The van der Waals surface area contributed by atoms with Crippen molar-refractivity contribution in [3.05, 3.63) is 35.4 Å². The molecule has 0 saturated carbocycles. The average molecular weight is 352 g/mol. The number of ether oxygens (including phenoxy) is 1. The summed E-state index contributed by atoms with van der Waals surface area (Å²) in [5, 5.41) is 0. The molecular weight excluding hydrogens is 332 g/mol. The first-order valence-electron chi connectivity index (χ1n) is 7.77. The van der Waals surface area contributed by atoms with Crippen LogP contribution in [0.4, 0.5) is 0 Å². The third kappa shape index (κ3) is 2.85. The second-order valence-electron chi connectivity index (χ2n) is 6.56. The number of sulfonamides is 1. The van der Waals surface area contributed by atoms with E-state index >= 15 is 0 Å². The van der Waals surface area contributed by atoms with Gasteiger partial charge in [-0.1, -0.05) is 12.1 Å². The Bertz CT molecular complexity index is 752. The molecule has 130 valence electrons. The summed E-state index contributed by atoms with van der Waals surface area (Å²) in [6.07, 6.45) is 0. The monoisotopic (exact) mass is 352 g/mol. The van der Waals surface area contributed by atoms with Crippen LogP contribution in [0, 0.1) is 0 Å². The third-order valence-corrected chi connectivity index (χ3v) is 6.40. The Kier molecular flexibility index (Phi) is 4.23.